The van der Waals surface area contributed by atoms with Gasteiger partial charge in [0.05, 0.1) is 11.0 Å². The number of nitrogens with zero attached hydrogens (tertiary/aromatic N) is 4. The molecule has 6 heteroatoms. The van der Waals surface area contributed by atoms with Crippen molar-refractivity contribution in [3.63, 3.8) is 0 Å². The minimum atomic E-state index is -0.207. The summed E-state index contributed by atoms with van der Waals surface area (Å²) < 4.78 is 16.7. The van der Waals surface area contributed by atoms with Gasteiger partial charge in [-0.3, -0.25) is 0 Å². The number of aromatic amines is 1. The number of fused-ring (bicyclic) bond motifs is 2. The van der Waals surface area contributed by atoms with Crippen LogP contribution in [-0.4, -0.2) is 64.6 Å². The number of rotatable bonds is 7. The van der Waals surface area contributed by atoms with Crippen molar-refractivity contribution in [1.82, 2.24) is 24.3 Å². The highest BCUT2D eigenvalue weighted by Crippen LogP contribution is 2.37. The summed E-state index contributed by atoms with van der Waals surface area (Å²) >= 11 is 0. The van der Waals surface area contributed by atoms with Crippen LogP contribution in [0.5, 0.6) is 0 Å². The molecule has 0 amide bonds. The average molecular weight is 516 g/mol. The third-order valence-corrected chi connectivity index (χ3v) is 9.45. The molecule has 202 valence electrons. The van der Waals surface area contributed by atoms with E-state index in [9.17, 15) is 4.39 Å². The molecule has 1 N–H and O–H groups in total. The molecule has 2 aliphatic rings. The van der Waals surface area contributed by atoms with E-state index in [2.05, 4.69) is 63.9 Å². The van der Waals surface area contributed by atoms with Gasteiger partial charge in [-0.15, -0.1) is 0 Å². The summed E-state index contributed by atoms with van der Waals surface area (Å²) in [6, 6.07) is 12.7. The molecule has 2 fully saturated rings. The van der Waals surface area contributed by atoms with Crippen LogP contribution in [0.25, 0.3) is 33.3 Å². The molecule has 38 heavy (non-hydrogen) atoms. The second-order valence-electron chi connectivity index (χ2n) is 12.0. The molecule has 5 nitrogen and oxygen atoms in total. The summed E-state index contributed by atoms with van der Waals surface area (Å²) in [6.07, 6.45) is 11.5. The monoisotopic (exact) mass is 515 g/mol. The van der Waals surface area contributed by atoms with E-state index in [0.29, 0.717) is 23.0 Å². The number of halogens is 1. The minimum Gasteiger partial charge on any atom is -0.344 e. The quantitative estimate of drug-likeness (QED) is 0.287. The molecule has 0 radical (unpaired) electrons. The Labute approximate surface area is 226 Å². The molecule has 2 aromatic carbocycles. The van der Waals surface area contributed by atoms with Gasteiger partial charge in [-0.25, -0.2) is 9.37 Å². The van der Waals surface area contributed by atoms with E-state index in [1.807, 2.05) is 0 Å². The molecule has 0 aliphatic carbocycles. The fraction of sp³-hybridized carbons (Fsp3) is 0.531. The van der Waals surface area contributed by atoms with Gasteiger partial charge in [0.2, 0.25) is 0 Å². The second-order valence-corrected chi connectivity index (χ2v) is 12.0. The Morgan fingerprint density at radius 3 is 2.47 bits per heavy atom. The lowest BCUT2D eigenvalue weighted by Crippen LogP contribution is -2.34. The van der Waals surface area contributed by atoms with Crippen molar-refractivity contribution in [3.8, 4) is 11.4 Å². The molecular formula is C32H42FN5. The Kier molecular flexibility index (Phi) is 7.28. The zero-order chi connectivity index (χ0) is 26.2. The van der Waals surface area contributed by atoms with E-state index >= 15 is 0 Å². The predicted octanol–water partition coefficient (Wildman–Crippen LogP) is 7.03. The first-order valence-electron chi connectivity index (χ1n) is 14.6. The van der Waals surface area contributed by atoms with Gasteiger partial charge in [0.1, 0.15) is 11.6 Å². The molecule has 0 spiro atoms. The summed E-state index contributed by atoms with van der Waals surface area (Å²) in [5.74, 6) is 2.20. The molecule has 4 heterocycles. The predicted molar refractivity (Wildman–Crippen MR) is 155 cm³/mol. The van der Waals surface area contributed by atoms with Crippen molar-refractivity contribution in [2.45, 2.75) is 57.9 Å². The lowest BCUT2D eigenvalue weighted by molar-refractivity contribution is 0.162. The number of H-pyrrole nitrogens is 1. The van der Waals surface area contributed by atoms with Crippen molar-refractivity contribution >= 4 is 21.9 Å². The number of aryl methyl sites for hydroxylation is 1. The molecular weight excluding hydrogens is 473 g/mol. The maximum absolute atomic E-state index is 14.1. The molecule has 4 aromatic rings. The van der Waals surface area contributed by atoms with Crippen LogP contribution < -0.4 is 0 Å². The van der Waals surface area contributed by atoms with Crippen LogP contribution in [0.15, 0.2) is 42.6 Å². The van der Waals surface area contributed by atoms with Crippen molar-refractivity contribution in [3.05, 3.63) is 54.0 Å². The highest BCUT2D eigenvalue weighted by atomic mass is 19.1. The summed E-state index contributed by atoms with van der Waals surface area (Å²) in [5, 5.41) is 1.28. The van der Waals surface area contributed by atoms with Crippen molar-refractivity contribution < 1.29 is 4.39 Å². The molecule has 0 saturated carbocycles. The van der Waals surface area contributed by atoms with Gasteiger partial charge in [0.25, 0.3) is 0 Å². The summed E-state index contributed by atoms with van der Waals surface area (Å²) in [5.41, 5.74) is 4.54. The van der Waals surface area contributed by atoms with Gasteiger partial charge in [-0.1, -0.05) is 25.0 Å². The first-order valence-corrected chi connectivity index (χ1v) is 14.6. The zero-order valence-electron chi connectivity index (χ0n) is 23.2. The van der Waals surface area contributed by atoms with E-state index in [1.54, 1.807) is 13.0 Å². The smallest absolute Gasteiger partial charge is 0.138 e. The van der Waals surface area contributed by atoms with E-state index in [0.717, 1.165) is 22.8 Å². The molecule has 1 atom stereocenters. The van der Waals surface area contributed by atoms with Crippen LogP contribution in [0.3, 0.4) is 0 Å². The molecule has 2 aliphatic heterocycles. The van der Waals surface area contributed by atoms with Crippen LogP contribution in [0.4, 0.5) is 4.39 Å². The number of imidazole rings is 1. The Morgan fingerprint density at radius 2 is 1.71 bits per heavy atom. The van der Waals surface area contributed by atoms with E-state index < -0.39 is 0 Å². The molecule has 6 rings (SSSR count). The summed E-state index contributed by atoms with van der Waals surface area (Å²) in [4.78, 5) is 13.2. The third kappa shape index (κ3) is 5.13. The third-order valence-electron chi connectivity index (χ3n) is 9.45. The van der Waals surface area contributed by atoms with Crippen LogP contribution in [-0.2, 0) is 0 Å². The van der Waals surface area contributed by atoms with Crippen LogP contribution in [0.1, 0.15) is 56.6 Å². The van der Waals surface area contributed by atoms with Gasteiger partial charge < -0.3 is 19.4 Å². The fourth-order valence-corrected chi connectivity index (χ4v) is 6.89. The zero-order valence-corrected chi connectivity index (χ0v) is 23.2. The number of piperidine rings is 2. The maximum Gasteiger partial charge on any atom is 0.138 e. The number of nitrogens with one attached hydrogen (secondary N) is 1. The highest BCUT2D eigenvalue weighted by Gasteiger charge is 2.28. The minimum absolute atomic E-state index is 0.207. The van der Waals surface area contributed by atoms with Gasteiger partial charge in [0, 0.05) is 28.9 Å². The van der Waals surface area contributed by atoms with E-state index in [-0.39, 0.29) is 5.82 Å². The van der Waals surface area contributed by atoms with Crippen molar-refractivity contribution in [2.24, 2.45) is 11.8 Å². The number of aromatic nitrogens is 3. The van der Waals surface area contributed by atoms with E-state index in [1.165, 1.54) is 88.1 Å². The van der Waals surface area contributed by atoms with Gasteiger partial charge in [-0.05, 0) is 121 Å². The van der Waals surface area contributed by atoms with Crippen molar-refractivity contribution in [2.75, 3.05) is 40.3 Å². The summed E-state index contributed by atoms with van der Waals surface area (Å²) in [6.45, 7) is 6.68. The average Bonchev–Trinajstić information content (AvgIpc) is 3.55. The van der Waals surface area contributed by atoms with Gasteiger partial charge in [-0.2, -0.15) is 0 Å². The standard InChI is InChI=1S/C32H42FN5/c1-22-27(33)9-10-28-31(22)35-32(34-28)26-8-7-24-15-20-38(30(24)21-26)29(25-13-18-37(3)19-14-25)6-4-5-23-11-16-36(2)17-12-23/h7-10,15,20-21,23,25,29H,4-6,11-14,16-19H2,1-3H3,(H,34,35). The van der Waals surface area contributed by atoms with Gasteiger partial charge in [0.15, 0.2) is 0 Å². The Hall–Kier alpha value is -2.70. The number of benzene rings is 2. The van der Waals surface area contributed by atoms with Crippen LogP contribution in [0, 0.1) is 24.6 Å². The normalized spacial score (nSPS) is 19.6. The summed E-state index contributed by atoms with van der Waals surface area (Å²) in [7, 11) is 4.51. The molecule has 0 bridgehead atoms. The van der Waals surface area contributed by atoms with Crippen molar-refractivity contribution in [1.29, 1.82) is 0 Å². The number of hydrogen-bond acceptors (Lipinski definition) is 3. The molecule has 2 saturated heterocycles. The Morgan fingerprint density at radius 1 is 0.974 bits per heavy atom. The first kappa shape index (κ1) is 25.6. The second kappa shape index (κ2) is 10.8. The van der Waals surface area contributed by atoms with Gasteiger partial charge >= 0.3 is 0 Å². The Bertz CT molecular complexity index is 1390. The highest BCUT2D eigenvalue weighted by molar-refractivity contribution is 5.87. The number of hydrogen-bond donors (Lipinski definition) is 1. The first-order chi connectivity index (χ1) is 18.5. The lowest BCUT2D eigenvalue weighted by atomic mass is 9.84. The SMILES string of the molecule is Cc1c(F)ccc2[nH]c(-c3ccc4ccn(C(CCCC5CCN(C)CC5)C5CCN(C)CC5)c4c3)nc12. The Balaban J connectivity index is 1.29. The fourth-order valence-electron chi connectivity index (χ4n) is 6.89. The van der Waals surface area contributed by atoms with Crippen LogP contribution in [0.2, 0.25) is 0 Å². The maximum atomic E-state index is 14.1. The molecule has 1 unspecified atom stereocenters. The lowest BCUT2D eigenvalue weighted by Gasteiger charge is -2.36. The molecule has 2 aromatic heterocycles. The topological polar surface area (TPSA) is 40.1 Å². The largest absolute Gasteiger partial charge is 0.344 e. The van der Waals surface area contributed by atoms with E-state index in [4.69, 9.17) is 4.98 Å². The number of likely N-dealkylation sites (tertiary alicyclic amines) is 2. The van der Waals surface area contributed by atoms with Crippen LogP contribution >= 0.6 is 0 Å².